The Hall–Kier alpha value is -0.730. The molecule has 190 valence electrons. The van der Waals surface area contributed by atoms with Crippen LogP contribution in [0.25, 0.3) is 0 Å². The standard InChI is InChI=1S/C28H42O6.Na/c1-6-24-17(3)8-11-25(34-24)18(4)13-16(2)7-9-21-19(5)22(21)10-12-26-28(32)23(29)14-20(33-26)15-27(30)31;/h7-10,12-13,16,19-26,28-29,32H,6,11,14-15H2,1-5H3,(H,30,31);/q;+1/p-1/b9-7+,12-10+,18-13+;/t16-,19-,20+,21+,22+,23+,24-,25-,26+,28-;/m1./s1. The first-order chi connectivity index (χ1) is 16.1. The molecule has 0 radical (unpaired) electrons. The van der Waals surface area contributed by atoms with Gasteiger partial charge in [0.05, 0.1) is 24.4 Å². The van der Waals surface area contributed by atoms with Gasteiger partial charge >= 0.3 is 29.6 Å². The molecule has 10 atom stereocenters. The Kier molecular flexibility index (Phi) is 11.9. The van der Waals surface area contributed by atoms with Crippen molar-refractivity contribution in [2.75, 3.05) is 0 Å². The van der Waals surface area contributed by atoms with Crippen molar-refractivity contribution in [1.29, 1.82) is 0 Å². The van der Waals surface area contributed by atoms with E-state index in [1.165, 1.54) is 11.1 Å². The summed E-state index contributed by atoms with van der Waals surface area (Å²) in [5.41, 5.74) is 2.60. The van der Waals surface area contributed by atoms with E-state index in [0.29, 0.717) is 23.7 Å². The van der Waals surface area contributed by atoms with Crippen molar-refractivity contribution in [1.82, 2.24) is 0 Å². The summed E-state index contributed by atoms with van der Waals surface area (Å²) >= 11 is 0. The largest absolute Gasteiger partial charge is 1.00 e. The average Bonchev–Trinajstić information content (AvgIpc) is 3.40. The number of carbonyl (C=O) groups excluding carboxylic acids is 1. The van der Waals surface area contributed by atoms with Crippen LogP contribution in [-0.4, -0.2) is 52.8 Å². The van der Waals surface area contributed by atoms with E-state index in [0.717, 1.165) is 12.8 Å². The Morgan fingerprint density at radius 1 is 1.23 bits per heavy atom. The van der Waals surface area contributed by atoms with E-state index in [9.17, 15) is 20.1 Å². The van der Waals surface area contributed by atoms with Gasteiger partial charge in [-0.05, 0) is 61.5 Å². The van der Waals surface area contributed by atoms with Crippen molar-refractivity contribution >= 4 is 5.97 Å². The number of aliphatic hydroxyl groups excluding tert-OH is 2. The molecule has 0 bridgehead atoms. The van der Waals surface area contributed by atoms with Gasteiger partial charge in [-0.3, -0.25) is 0 Å². The second kappa shape index (κ2) is 13.7. The molecule has 3 aliphatic rings. The maximum atomic E-state index is 10.9. The topological polar surface area (TPSA) is 99.1 Å². The molecule has 2 aliphatic heterocycles. The molecule has 6 nitrogen and oxygen atoms in total. The molecule has 0 aromatic carbocycles. The molecule has 2 heterocycles. The van der Waals surface area contributed by atoms with Crippen LogP contribution in [-0.2, 0) is 14.3 Å². The van der Waals surface area contributed by atoms with Gasteiger partial charge in [-0.2, -0.15) is 0 Å². The van der Waals surface area contributed by atoms with Crippen LogP contribution in [0.4, 0.5) is 0 Å². The molecule has 0 aromatic heterocycles. The van der Waals surface area contributed by atoms with Crippen LogP contribution in [0.15, 0.2) is 47.6 Å². The first-order valence-electron chi connectivity index (χ1n) is 12.7. The third-order valence-electron chi connectivity index (χ3n) is 7.55. The monoisotopic (exact) mass is 496 g/mol. The summed E-state index contributed by atoms with van der Waals surface area (Å²) in [4.78, 5) is 10.9. The molecule has 0 spiro atoms. The van der Waals surface area contributed by atoms with E-state index >= 15 is 0 Å². The number of aliphatic carboxylic acids is 1. The smallest absolute Gasteiger partial charge is 0.550 e. The Balaban J connectivity index is 0.00000432. The molecule has 1 saturated heterocycles. The molecule has 2 N–H and O–H groups in total. The van der Waals surface area contributed by atoms with Crippen LogP contribution in [0, 0.1) is 23.7 Å². The van der Waals surface area contributed by atoms with Gasteiger partial charge in [-0.25, -0.2) is 0 Å². The molecular weight excluding hydrogens is 455 g/mol. The van der Waals surface area contributed by atoms with E-state index < -0.39 is 30.4 Å². The Morgan fingerprint density at radius 2 is 1.91 bits per heavy atom. The van der Waals surface area contributed by atoms with Crippen LogP contribution in [0.3, 0.4) is 0 Å². The second-order valence-corrected chi connectivity index (χ2v) is 10.4. The molecule has 0 unspecified atom stereocenters. The van der Waals surface area contributed by atoms with Crippen molar-refractivity contribution in [2.45, 2.75) is 96.9 Å². The first kappa shape index (κ1) is 30.5. The third kappa shape index (κ3) is 8.39. The van der Waals surface area contributed by atoms with E-state index in [1.54, 1.807) is 6.08 Å². The fourth-order valence-corrected chi connectivity index (χ4v) is 5.21. The minimum Gasteiger partial charge on any atom is -0.550 e. The van der Waals surface area contributed by atoms with Crippen molar-refractivity contribution in [3.8, 4) is 0 Å². The minimum absolute atomic E-state index is 0. The van der Waals surface area contributed by atoms with Gasteiger partial charge in [0.25, 0.3) is 0 Å². The van der Waals surface area contributed by atoms with Crippen molar-refractivity contribution in [2.24, 2.45) is 23.7 Å². The van der Waals surface area contributed by atoms with E-state index in [2.05, 4.69) is 58.9 Å². The fraction of sp³-hybridized carbons (Fsp3) is 0.679. The van der Waals surface area contributed by atoms with E-state index in [4.69, 9.17) is 9.47 Å². The molecule has 1 saturated carbocycles. The van der Waals surface area contributed by atoms with Crippen LogP contribution >= 0.6 is 0 Å². The third-order valence-corrected chi connectivity index (χ3v) is 7.55. The van der Waals surface area contributed by atoms with Crippen LogP contribution in [0.5, 0.6) is 0 Å². The average molecular weight is 497 g/mol. The summed E-state index contributed by atoms with van der Waals surface area (Å²) in [7, 11) is 0. The number of carbonyl (C=O) groups is 1. The van der Waals surface area contributed by atoms with Gasteiger partial charge in [0.2, 0.25) is 0 Å². The number of allylic oxidation sites excluding steroid dienone is 4. The number of carboxylic acids is 1. The Labute approximate surface area is 232 Å². The van der Waals surface area contributed by atoms with Gasteiger partial charge in [-0.1, -0.05) is 57.2 Å². The molecule has 7 heteroatoms. The van der Waals surface area contributed by atoms with Crippen molar-refractivity contribution in [3.05, 3.63) is 47.6 Å². The molecule has 2 fully saturated rings. The van der Waals surface area contributed by atoms with Crippen molar-refractivity contribution < 1.29 is 59.1 Å². The second-order valence-electron chi connectivity index (χ2n) is 10.4. The Bertz CT molecular complexity index is 833. The van der Waals surface area contributed by atoms with Gasteiger partial charge in [0, 0.05) is 18.8 Å². The van der Waals surface area contributed by atoms with Gasteiger partial charge < -0.3 is 29.6 Å². The van der Waals surface area contributed by atoms with E-state index in [1.807, 2.05) is 6.08 Å². The van der Waals surface area contributed by atoms with Crippen LogP contribution in [0.2, 0.25) is 0 Å². The summed E-state index contributed by atoms with van der Waals surface area (Å²) in [6, 6.07) is 0. The summed E-state index contributed by atoms with van der Waals surface area (Å²) in [6.45, 7) is 10.8. The Morgan fingerprint density at radius 3 is 2.57 bits per heavy atom. The number of rotatable bonds is 9. The minimum atomic E-state index is -1.22. The summed E-state index contributed by atoms with van der Waals surface area (Å²) in [5, 5.41) is 31.2. The number of hydrogen-bond acceptors (Lipinski definition) is 6. The first-order valence-corrected chi connectivity index (χ1v) is 12.7. The molecule has 1 aliphatic carbocycles. The summed E-state index contributed by atoms with van der Waals surface area (Å²) in [5.74, 6) is 0.315. The van der Waals surface area contributed by atoms with Gasteiger partial charge in [0.1, 0.15) is 12.2 Å². The van der Waals surface area contributed by atoms with Crippen molar-refractivity contribution in [3.63, 3.8) is 0 Å². The summed E-state index contributed by atoms with van der Waals surface area (Å²) < 4.78 is 12.0. The zero-order valence-electron chi connectivity index (χ0n) is 22.1. The molecule has 0 amide bonds. The fourth-order valence-electron chi connectivity index (χ4n) is 5.21. The SMILES string of the molecule is CC[C@H]1O[C@@H](/C(C)=C/[C@H](C)/C=C/[C@H]2[C@@H](C)[C@@H]2/C=C/[C@@H]2O[C@H](CC(=O)[O-])C[C@H](O)[C@H]2O)CC=C1C.[Na+]. The number of ether oxygens (including phenoxy) is 2. The zero-order valence-corrected chi connectivity index (χ0v) is 24.1. The summed E-state index contributed by atoms with van der Waals surface area (Å²) in [6.07, 6.45) is 11.6. The van der Waals surface area contributed by atoms with Crippen LogP contribution in [0.1, 0.15) is 60.3 Å². The maximum Gasteiger partial charge on any atom is 1.00 e. The molecule has 35 heavy (non-hydrogen) atoms. The zero-order chi connectivity index (χ0) is 25.0. The molecular formula is C28H41NaO6. The number of carboxylic acid groups (broad SMARTS) is 1. The predicted octanol–water partition coefficient (Wildman–Crippen LogP) is 0.100. The van der Waals surface area contributed by atoms with Gasteiger partial charge in [0.15, 0.2) is 0 Å². The number of aliphatic hydroxyl groups is 2. The number of hydrogen-bond donors (Lipinski definition) is 2. The quantitative estimate of drug-likeness (QED) is 0.347. The van der Waals surface area contributed by atoms with E-state index in [-0.39, 0.29) is 54.6 Å². The molecule has 3 rings (SSSR count). The predicted molar refractivity (Wildman–Crippen MR) is 130 cm³/mol. The van der Waals surface area contributed by atoms with Crippen LogP contribution < -0.4 is 34.7 Å². The molecule has 0 aromatic rings. The normalized spacial score (nSPS) is 38.8. The van der Waals surface area contributed by atoms with Gasteiger partial charge in [-0.15, -0.1) is 0 Å². The maximum absolute atomic E-state index is 10.9.